The largest absolute Gasteiger partial charge is 0.494 e. The summed E-state index contributed by atoms with van der Waals surface area (Å²) in [6, 6.07) is 18.9. The number of esters is 1. The number of rotatable bonds is 9. The zero-order chi connectivity index (χ0) is 29.2. The Labute approximate surface area is 235 Å². The summed E-state index contributed by atoms with van der Waals surface area (Å²) in [5.41, 5.74) is 3.59. The number of hydrogen-bond donors (Lipinski definition) is 0. The lowest BCUT2D eigenvalue weighted by Crippen LogP contribution is -2.27. The van der Waals surface area contributed by atoms with E-state index >= 15 is 0 Å². The smallest absolute Gasteiger partial charge is 0.338 e. The van der Waals surface area contributed by atoms with E-state index in [0.717, 1.165) is 21.3 Å². The van der Waals surface area contributed by atoms with Gasteiger partial charge in [-0.25, -0.2) is 13.2 Å². The molecule has 0 bridgehead atoms. The SMILES string of the molecule is CCOc1ccc(N(C)S(=O)(=O)c2ccc(C)c(C(=O)OCC(=O)C=C3N(C)c4ccccc4C3(C)C)c2)cc1. The molecule has 0 saturated heterocycles. The van der Waals surface area contributed by atoms with Gasteiger partial charge in [0.2, 0.25) is 0 Å². The number of benzene rings is 3. The third kappa shape index (κ3) is 5.47. The van der Waals surface area contributed by atoms with Gasteiger partial charge in [-0.2, -0.15) is 0 Å². The molecule has 0 amide bonds. The third-order valence-electron chi connectivity index (χ3n) is 7.18. The second-order valence-electron chi connectivity index (χ2n) is 10.1. The monoisotopic (exact) mass is 562 g/mol. The molecular formula is C31H34N2O6S. The first-order chi connectivity index (χ1) is 18.9. The quantitative estimate of drug-likeness (QED) is 0.260. The summed E-state index contributed by atoms with van der Waals surface area (Å²) in [5.74, 6) is -0.504. The second-order valence-corrected chi connectivity index (χ2v) is 12.1. The van der Waals surface area contributed by atoms with E-state index in [9.17, 15) is 18.0 Å². The first-order valence-electron chi connectivity index (χ1n) is 13.0. The van der Waals surface area contributed by atoms with Crippen LogP contribution in [0.1, 0.15) is 42.3 Å². The van der Waals surface area contributed by atoms with Gasteiger partial charge in [-0.05, 0) is 67.4 Å². The standard InChI is InChI=1S/C31H34N2O6S/c1-7-38-24-15-13-22(14-16-24)33(6)40(36,37)25-17-12-21(2)26(19-25)30(35)39-20-23(34)18-29-31(3,4)27-10-8-9-11-28(27)32(29)5/h8-19H,7,20H2,1-6H3. The topological polar surface area (TPSA) is 93.2 Å². The van der Waals surface area contributed by atoms with Crippen molar-refractivity contribution in [2.75, 3.05) is 36.5 Å². The van der Waals surface area contributed by atoms with Crippen molar-refractivity contribution in [3.63, 3.8) is 0 Å². The lowest BCUT2D eigenvalue weighted by atomic mass is 9.83. The van der Waals surface area contributed by atoms with Gasteiger partial charge in [0.05, 0.1) is 22.8 Å². The molecule has 210 valence electrons. The molecule has 3 aromatic rings. The average molecular weight is 563 g/mol. The van der Waals surface area contributed by atoms with Gasteiger partial charge >= 0.3 is 5.97 Å². The van der Waals surface area contributed by atoms with Crippen LogP contribution in [0, 0.1) is 6.92 Å². The number of sulfonamides is 1. The summed E-state index contributed by atoms with van der Waals surface area (Å²) in [6.07, 6.45) is 1.51. The highest BCUT2D eigenvalue weighted by molar-refractivity contribution is 7.92. The Morgan fingerprint density at radius 2 is 1.70 bits per heavy atom. The number of hydrogen-bond acceptors (Lipinski definition) is 7. The highest BCUT2D eigenvalue weighted by Crippen LogP contribution is 2.46. The number of fused-ring (bicyclic) bond motifs is 1. The molecule has 1 aliphatic heterocycles. The van der Waals surface area contributed by atoms with Crippen LogP contribution in [0.15, 0.2) is 83.4 Å². The fourth-order valence-corrected chi connectivity index (χ4v) is 6.09. The van der Waals surface area contributed by atoms with E-state index in [-0.39, 0.29) is 21.7 Å². The van der Waals surface area contributed by atoms with Gasteiger partial charge in [-0.3, -0.25) is 9.10 Å². The molecule has 0 N–H and O–H groups in total. The van der Waals surface area contributed by atoms with Crippen LogP contribution in [0.25, 0.3) is 0 Å². The molecule has 3 aromatic carbocycles. The predicted octanol–water partition coefficient (Wildman–Crippen LogP) is 5.26. The van der Waals surface area contributed by atoms with Crippen molar-refractivity contribution in [2.45, 2.75) is 38.0 Å². The van der Waals surface area contributed by atoms with E-state index in [2.05, 4.69) is 0 Å². The molecule has 0 radical (unpaired) electrons. The minimum Gasteiger partial charge on any atom is -0.494 e. The van der Waals surface area contributed by atoms with Gasteiger partial charge in [-0.1, -0.05) is 38.1 Å². The van der Waals surface area contributed by atoms with Gasteiger partial charge in [-0.15, -0.1) is 0 Å². The molecule has 1 heterocycles. The maximum absolute atomic E-state index is 13.3. The number of ketones is 1. The van der Waals surface area contributed by atoms with Crippen LogP contribution in [0.4, 0.5) is 11.4 Å². The second kappa shape index (κ2) is 11.2. The molecule has 0 unspecified atom stereocenters. The van der Waals surface area contributed by atoms with Crippen molar-refractivity contribution in [1.82, 2.24) is 0 Å². The summed E-state index contributed by atoms with van der Waals surface area (Å²) in [6.45, 7) is 7.67. The van der Waals surface area contributed by atoms with E-state index in [4.69, 9.17) is 9.47 Å². The van der Waals surface area contributed by atoms with Crippen LogP contribution in [0.2, 0.25) is 0 Å². The number of para-hydroxylation sites is 1. The first-order valence-corrected chi connectivity index (χ1v) is 14.4. The Bertz CT molecular complexity index is 1580. The van der Waals surface area contributed by atoms with E-state index in [1.165, 1.54) is 25.3 Å². The third-order valence-corrected chi connectivity index (χ3v) is 8.96. The number of aryl methyl sites for hydroxylation is 1. The molecule has 0 aliphatic carbocycles. The Hall–Kier alpha value is -4.11. The molecule has 9 heteroatoms. The Morgan fingerprint density at radius 1 is 1.02 bits per heavy atom. The average Bonchev–Trinajstić information content (AvgIpc) is 3.12. The van der Waals surface area contributed by atoms with Crippen LogP contribution in [0.3, 0.4) is 0 Å². The fraction of sp³-hybridized carbons (Fsp3) is 0.290. The predicted molar refractivity (Wildman–Crippen MR) is 156 cm³/mol. The van der Waals surface area contributed by atoms with E-state index in [1.807, 2.05) is 57.0 Å². The summed E-state index contributed by atoms with van der Waals surface area (Å²) in [4.78, 5) is 27.7. The number of carbonyl (C=O) groups excluding carboxylic acids is 2. The van der Waals surface area contributed by atoms with Crippen molar-refractivity contribution in [3.8, 4) is 5.75 Å². The fourth-order valence-electron chi connectivity index (χ4n) is 4.86. The molecule has 0 fully saturated rings. The van der Waals surface area contributed by atoms with Crippen LogP contribution in [0.5, 0.6) is 5.75 Å². The summed E-state index contributed by atoms with van der Waals surface area (Å²) in [5, 5.41) is 0. The van der Waals surface area contributed by atoms with Gasteiger partial charge in [0.1, 0.15) is 5.75 Å². The summed E-state index contributed by atoms with van der Waals surface area (Å²) < 4.78 is 38.6. The highest BCUT2D eigenvalue weighted by Gasteiger charge is 2.38. The molecule has 0 saturated carbocycles. The van der Waals surface area contributed by atoms with Gasteiger partial charge in [0.25, 0.3) is 10.0 Å². The van der Waals surface area contributed by atoms with Gasteiger partial charge in [0.15, 0.2) is 12.4 Å². The Morgan fingerprint density at radius 3 is 2.35 bits per heavy atom. The van der Waals surface area contributed by atoms with Crippen molar-refractivity contribution in [2.24, 2.45) is 0 Å². The molecule has 0 aromatic heterocycles. The zero-order valence-corrected chi connectivity index (χ0v) is 24.4. The van der Waals surface area contributed by atoms with Crippen LogP contribution in [-0.2, 0) is 25.0 Å². The van der Waals surface area contributed by atoms with Gasteiger partial charge < -0.3 is 14.4 Å². The molecule has 40 heavy (non-hydrogen) atoms. The normalized spacial score (nSPS) is 15.1. The molecular weight excluding hydrogens is 528 g/mol. The number of carbonyl (C=O) groups is 2. The van der Waals surface area contributed by atoms with Crippen molar-refractivity contribution < 1.29 is 27.5 Å². The Kier molecular flexibility index (Phi) is 8.07. The van der Waals surface area contributed by atoms with E-state index in [1.54, 1.807) is 37.3 Å². The molecule has 0 atom stereocenters. The minimum absolute atomic E-state index is 0.0676. The minimum atomic E-state index is -3.98. The van der Waals surface area contributed by atoms with Crippen molar-refractivity contribution >= 4 is 33.2 Å². The van der Waals surface area contributed by atoms with Crippen molar-refractivity contribution in [3.05, 3.63) is 95.2 Å². The summed E-state index contributed by atoms with van der Waals surface area (Å²) >= 11 is 0. The number of nitrogens with zero attached hydrogens (tertiary/aromatic N) is 2. The maximum atomic E-state index is 13.3. The highest BCUT2D eigenvalue weighted by atomic mass is 32.2. The molecule has 1 aliphatic rings. The number of allylic oxidation sites excluding steroid dienone is 1. The molecule has 0 spiro atoms. The number of ether oxygens (including phenoxy) is 2. The van der Waals surface area contributed by atoms with E-state index < -0.39 is 22.6 Å². The maximum Gasteiger partial charge on any atom is 0.338 e. The number of likely N-dealkylation sites (N-methyl/N-ethyl adjacent to an activating group) is 1. The molecule has 8 nitrogen and oxygen atoms in total. The van der Waals surface area contributed by atoms with Crippen LogP contribution in [-0.4, -0.2) is 47.5 Å². The first kappa shape index (κ1) is 28.9. The van der Waals surface area contributed by atoms with Gasteiger partial charge in [0, 0.05) is 37.0 Å². The Balaban J connectivity index is 1.49. The van der Waals surface area contributed by atoms with E-state index in [0.29, 0.717) is 23.6 Å². The van der Waals surface area contributed by atoms with Crippen LogP contribution < -0.4 is 13.9 Å². The number of anilines is 2. The zero-order valence-electron chi connectivity index (χ0n) is 23.6. The van der Waals surface area contributed by atoms with Crippen molar-refractivity contribution in [1.29, 1.82) is 0 Å². The lowest BCUT2D eigenvalue weighted by molar-refractivity contribution is -0.117. The molecule has 4 rings (SSSR count). The summed E-state index contributed by atoms with van der Waals surface area (Å²) in [7, 11) is -0.639. The lowest BCUT2D eigenvalue weighted by Gasteiger charge is -2.23. The van der Waals surface area contributed by atoms with Crippen LogP contribution >= 0.6 is 0 Å².